The first kappa shape index (κ1) is 10.3. The van der Waals surface area contributed by atoms with Gasteiger partial charge in [0.15, 0.2) is 0 Å². The van der Waals surface area contributed by atoms with Gasteiger partial charge in [0.05, 0.1) is 22.9 Å². The molecule has 1 aromatic carbocycles. The molecular formula is C10H9BrFN3. The Labute approximate surface area is 94.7 Å². The average molecular weight is 270 g/mol. The lowest BCUT2D eigenvalue weighted by molar-refractivity contribution is 0.621. The zero-order chi connectivity index (χ0) is 10.8. The predicted octanol–water partition coefficient (Wildman–Crippen LogP) is 2.44. The van der Waals surface area contributed by atoms with Crippen molar-refractivity contribution in [1.29, 1.82) is 0 Å². The fourth-order valence-corrected chi connectivity index (χ4v) is 1.66. The molecule has 15 heavy (non-hydrogen) atoms. The summed E-state index contributed by atoms with van der Waals surface area (Å²) in [5.41, 5.74) is 7.13. The molecule has 1 heterocycles. The van der Waals surface area contributed by atoms with Crippen LogP contribution in [0.15, 0.2) is 28.9 Å². The highest BCUT2D eigenvalue weighted by Crippen LogP contribution is 2.23. The summed E-state index contributed by atoms with van der Waals surface area (Å²) in [7, 11) is 0. The van der Waals surface area contributed by atoms with Crippen molar-refractivity contribution in [2.45, 2.75) is 6.54 Å². The highest BCUT2D eigenvalue weighted by Gasteiger charge is 2.05. The van der Waals surface area contributed by atoms with Gasteiger partial charge in [-0.3, -0.25) is 0 Å². The van der Waals surface area contributed by atoms with E-state index in [0.717, 1.165) is 11.3 Å². The molecule has 2 rings (SSSR count). The van der Waals surface area contributed by atoms with Gasteiger partial charge in [-0.25, -0.2) is 9.37 Å². The number of benzene rings is 1. The van der Waals surface area contributed by atoms with Crippen molar-refractivity contribution in [3.63, 3.8) is 0 Å². The number of aromatic amines is 1. The van der Waals surface area contributed by atoms with Crippen molar-refractivity contribution in [2.24, 2.45) is 5.73 Å². The van der Waals surface area contributed by atoms with Crippen LogP contribution >= 0.6 is 15.9 Å². The number of rotatable bonds is 2. The molecule has 5 heteroatoms. The summed E-state index contributed by atoms with van der Waals surface area (Å²) in [4.78, 5) is 7.12. The standard InChI is InChI=1S/C10H9BrFN3/c11-7-3-6(1-2-8(7)12)9-5-14-10(4-13)15-9/h1-3,5H,4,13H2,(H,14,15). The minimum Gasteiger partial charge on any atom is -0.341 e. The first-order valence-corrected chi connectivity index (χ1v) is 5.19. The van der Waals surface area contributed by atoms with Gasteiger partial charge >= 0.3 is 0 Å². The Bertz CT molecular complexity index is 481. The Kier molecular flexibility index (Phi) is 2.83. The van der Waals surface area contributed by atoms with Gasteiger partial charge in [-0.1, -0.05) is 0 Å². The second kappa shape index (κ2) is 4.12. The molecule has 0 saturated carbocycles. The normalized spacial score (nSPS) is 10.6. The number of hydrogen-bond donors (Lipinski definition) is 2. The summed E-state index contributed by atoms with van der Waals surface area (Å²) in [6, 6.07) is 4.79. The van der Waals surface area contributed by atoms with Crippen molar-refractivity contribution >= 4 is 15.9 Å². The lowest BCUT2D eigenvalue weighted by Crippen LogP contribution is -1.97. The Morgan fingerprint density at radius 2 is 2.27 bits per heavy atom. The minimum absolute atomic E-state index is 0.280. The smallest absolute Gasteiger partial charge is 0.137 e. The van der Waals surface area contributed by atoms with E-state index in [0.29, 0.717) is 16.8 Å². The summed E-state index contributed by atoms with van der Waals surface area (Å²) in [5.74, 6) is 0.433. The molecule has 0 bridgehead atoms. The van der Waals surface area contributed by atoms with Gasteiger partial charge in [-0.15, -0.1) is 0 Å². The quantitative estimate of drug-likeness (QED) is 0.880. The molecular weight excluding hydrogens is 261 g/mol. The highest BCUT2D eigenvalue weighted by atomic mass is 79.9. The van der Waals surface area contributed by atoms with E-state index in [1.165, 1.54) is 6.07 Å². The molecule has 0 aliphatic heterocycles. The maximum atomic E-state index is 13.0. The van der Waals surface area contributed by atoms with Gasteiger partial charge < -0.3 is 10.7 Å². The van der Waals surface area contributed by atoms with Crippen LogP contribution in [0.2, 0.25) is 0 Å². The predicted molar refractivity (Wildman–Crippen MR) is 59.6 cm³/mol. The fraction of sp³-hybridized carbons (Fsp3) is 0.100. The highest BCUT2D eigenvalue weighted by molar-refractivity contribution is 9.10. The molecule has 0 aliphatic rings. The maximum absolute atomic E-state index is 13.0. The maximum Gasteiger partial charge on any atom is 0.137 e. The third-order valence-corrected chi connectivity index (χ3v) is 2.66. The number of nitrogens with one attached hydrogen (secondary N) is 1. The molecule has 0 aliphatic carbocycles. The molecule has 2 aromatic rings. The third kappa shape index (κ3) is 2.08. The number of H-pyrrole nitrogens is 1. The minimum atomic E-state index is -0.280. The van der Waals surface area contributed by atoms with E-state index in [1.54, 1.807) is 18.3 Å². The summed E-state index contributed by atoms with van der Waals surface area (Å²) >= 11 is 3.13. The van der Waals surface area contributed by atoms with Gasteiger partial charge in [0.2, 0.25) is 0 Å². The van der Waals surface area contributed by atoms with Crippen molar-refractivity contribution in [2.75, 3.05) is 0 Å². The topological polar surface area (TPSA) is 54.7 Å². The molecule has 0 atom stereocenters. The van der Waals surface area contributed by atoms with Crippen molar-refractivity contribution in [1.82, 2.24) is 9.97 Å². The second-order valence-corrected chi connectivity index (χ2v) is 3.93. The van der Waals surface area contributed by atoms with E-state index in [2.05, 4.69) is 25.9 Å². The van der Waals surface area contributed by atoms with E-state index in [4.69, 9.17) is 5.73 Å². The summed E-state index contributed by atoms with van der Waals surface area (Å²) in [6.45, 7) is 0.363. The van der Waals surface area contributed by atoms with Crippen molar-refractivity contribution in [3.8, 4) is 11.3 Å². The average Bonchev–Trinajstić information content (AvgIpc) is 2.70. The number of imidazole rings is 1. The van der Waals surface area contributed by atoms with Crippen LogP contribution in [0.5, 0.6) is 0 Å². The van der Waals surface area contributed by atoms with E-state index < -0.39 is 0 Å². The number of aromatic nitrogens is 2. The Balaban J connectivity index is 2.40. The molecule has 0 spiro atoms. The van der Waals surface area contributed by atoms with Crippen LogP contribution in [-0.2, 0) is 6.54 Å². The molecule has 1 aromatic heterocycles. The van der Waals surface area contributed by atoms with Gasteiger partial charge in [0.1, 0.15) is 11.6 Å². The second-order valence-electron chi connectivity index (χ2n) is 3.08. The molecule has 3 nitrogen and oxygen atoms in total. The van der Waals surface area contributed by atoms with Crippen molar-refractivity contribution in [3.05, 3.63) is 40.5 Å². The summed E-state index contributed by atoms with van der Waals surface area (Å²) < 4.78 is 13.4. The van der Waals surface area contributed by atoms with Crippen LogP contribution in [0.1, 0.15) is 5.82 Å². The van der Waals surface area contributed by atoms with Crippen LogP contribution in [-0.4, -0.2) is 9.97 Å². The molecule has 0 radical (unpaired) electrons. The zero-order valence-corrected chi connectivity index (χ0v) is 9.38. The fourth-order valence-electron chi connectivity index (χ4n) is 1.28. The van der Waals surface area contributed by atoms with Gasteiger partial charge in [0, 0.05) is 5.56 Å². The molecule has 0 unspecified atom stereocenters. The Morgan fingerprint density at radius 1 is 1.47 bits per heavy atom. The van der Waals surface area contributed by atoms with E-state index in [9.17, 15) is 4.39 Å². The first-order chi connectivity index (χ1) is 7.20. The SMILES string of the molecule is NCc1ncc(-c2ccc(F)c(Br)c2)[nH]1. The monoisotopic (exact) mass is 269 g/mol. The molecule has 0 saturated heterocycles. The lowest BCUT2D eigenvalue weighted by Gasteiger charge is -1.99. The molecule has 0 amide bonds. The lowest BCUT2D eigenvalue weighted by atomic mass is 10.2. The van der Waals surface area contributed by atoms with Crippen LogP contribution in [0, 0.1) is 5.82 Å². The molecule has 78 valence electrons. The Morgan fingerprint density at radius 3 is 2.87 bits per heavy atom. The summed E-state index contributed by atoms with van der Waals surface area (Å²) in [5, 5.41) is 0. The first-order valence-electron chi connectivity index (χ1n) is 4.40. The van der Waals surface area contributed by atoms with E-state index >= 15 is 0 Å². The van der Waals surface area contributed by atoms with E-state index in [1.807, 2.05) is 0 Å². The van der Waals surface area contributed by atoms with Crippen LogP contribution in [0.3, 0.4) is 0 Å². The van der Waals surface area contributed by atoms with Crippen molar-refractivity contribution < 1.29 is 4.39 Å². The van der Waals surface area contributed by atoms with Crippen LogP contribution < -0.4 is 5.73 Å². The number of nitrogens with two attached hydrogens (primary N) is 1. The largest absolute Gasteiger partial charge is 0.341 e. The number of hydrogen-bond acceptors (Lipinski definition) is 2. The Hall–Kier alpha value is -1.20. The number of nitrogens with zero attached hydrogens (tertiary/aromatic N) is 1. The van der Waals surface area contributed by atoms with Crippen LogP contribution in [0.4, 0.5) is 4.39 Å². The van der Waals surface area contributed by atoms with Gasteiger partial charge in [-0.05, 0) is 34.1 Å². The zero-order valence-electron chi connectivity index (χ0n) is 7.80. The van der Waals surface area contributed by atoms with E-state index in [-0.39, 0.29) is 5.82 Å². The van der Waals surface area contributed by atoms with Gasteiger partial charge in [-0.2, -0.15) is 0 Å². The number of halogens is 2. The van der Waals surface area contributed by atoms with Gasteiger partial charge in [0.25, 0.3) is 0 Å². The van der Waals surface area contributed by atoms with Crippen LogP contribution in [0.25, 0.3) is 11.3 Å². The molecule has 0 fully saturated rings. The molecule has 3 N–H and O–H groups in total. The third-order valence-electron chi connectivity index (χ3n) is 2.05. The summed E-state index contributed by atoms with van der Waals surface area (Å²) in [6.07, 6.45) is 1.68.